The Balaban J connectivity index is 1.93. The first-order valence-electron chi connectivity index (χ1n) is 7.02. The van der Waals surface area contributed by atoms with Gasteiger partial charge in [0.15, 0.2) is 6.73 Å². The number of aliphatic hydroxyl groups excluding tert-OH is 1. The molecule has 0 aromatic carbocycles. The number of aryl methyl sites for hydroxylation is 1. The number of aliphatic hydroxyl groups is 1. The molecule has 3 heteroatoms. The van der Waals surface area contributed by atoms with Gasteiger partial charge in [0.25, 0.3) is 0 Å². The highest BCUT2D eigenvalue weighted by Gasteiger charge is 2.01. The highest BCUT2D eigenvalue weighted by molar-refractivity contribution is 4.65. The molecule has 0 atom stereocenters. The van der Waals surface area contributed by atoms with Gasteiger partial charge in [0, 0.05) is 0 Å². The maximum Gasteiger partial charge on any atom is 0.245 e. The highest BCUT2D eigenvalue weighted by atomic mass is 16.3. The highest BCUT2D eigenvalue weighted by Crippen LogP contribution is 2.08. The van der Waals surface area contributed by atoms with Crippen LogP contribution in [0.3, 0.4) is 0 Å². The number of nitrogens with zero attached hydrogens (tertiary/aromatic N) is 2. The van der Waals surface area contributed by atoms with E-state index in [4.69, 9.17) is 5.11 Å². The fourth-order valence-electron chi connectivity index (χ4n) is 2.08. The Morgan fingerprint density at radius 2 is 1.65 bits per heavy atom. The van der Waals surface area contributed by atoms with Crippen molar-refractivity contribution in [3.63, 3.8) is 0 Å². The maximum absolute atomic E-state index is 8.91. The number of hydrogen-bond donors (Lipinski definition) is 1. The number of hydrogen-bond acceptors (Lipinski definition) is 1. The van der Waals surface area contributed by atoms with Gasteiger partial charge < -0.3 is 5.11 Å². The molecule has 0 fully saturated rings. The summed E-state index contributed by atoms with van der Waals surface area (Å²) < 4.78 is 3.93. The van der Waals surface area contributed by atoms with Crippen molar-refractivity contribution in [3.8, 4) is 0 Å². The molecular weight excluding hydrogens is 212 g/mol. The van der Waals surface area contributed by atoms with Crippen LogP contribution >= 0.6 is 0 Å². The molecule has 3 nitrogen and oxygen atoms in total. The summed E-state index contributed by atoms with van der Waals surface area (Å²) in [7, 11) is 0. The third-order valence-electron chi connectivity index (χ3n) is 3.18. The van der Waals surface area contributed by atoms with E-state index >= 15 is 0 Å². The van der Waals surface area contributed by atoms with Crippen LogP contribution < -0.4 is 4.57 Å². The lowest BCUT2D eigenvalue weighted by atomic mass is 10.1. The predicted octanol–water partition coefficient (Wildman–Crippen LogP) is 2.87. The third kappa shape index (κ3) is 6.47. The number of unbranched alkanes of at least 4 members (excludes halogenated alkanes) is 7. The quantitative estimate of drug-likeness (QED) is 0.494. The van der Waals surface area contributed by atoms with Gasteiger partial charge in [0.1, 0.15) is 12.4 Å². The van der Waals surface area contributed by atoms with Gasteiger partial charge in [-0.05, 0) is 12.8 Å². The van der Waals surface area contributed by atoms with Crippen LogP contribution in [0.15, 0.2) is 18.7 Å². The predicted molar refractivity (Wildman–Crippen MR) is 69.5 cm³/mol. The van der Waals surface area contributed by atoms with Crippen molar-refractivity contribution in [2.24, 2.45) is 0 Å². The Morgan fingerprint density at radius 1 is 1.00 bits per heavy atom. The van der Waals surface area contributed by atoms with Gasteiger partial charge in [0.2, 0.25) is 6.33 Å². The standard InChI is InChI=1S/C14H27N2O/c1-2-3-4-5-6-7-8-9-10-15-11-12-16(13-15)14-17/h11-13,17H,2-10,14H2,1H3/q+1. The summed E-state index contributed by atoms with van der Waals surface area (Å²) in [6.07, 6.45) is 16.8. The molecule has 1 heterocycles. The molecular formula is C14H27N2O+. The van der Waals surface area contributed by atoms with Crippen molar-refractivity contribution in [1.82, 2.24) is 4.57 Å². The third-order valence-corrected chi connectivity index (χ3v) is 3.18. The minimum atomic E-state index is 0.0738. The van der Waals surface area contributed by atoms with Gasteiger partial charge in [-0.15, -0.1) is 0 Å². The Morgan fingerprint density at radius 3 is 2.24 bits per heavy atom. The molecule has 0 aliphatic heterocycles. The van der Waals surface area contributed by atoms with Crippen LogP contribution in [0.1, 0.15) is 58.3 Å². The summed E-state index contributed by atoms with van der Waals surface area (Å²) in [4.78, 5) is 0. The molecule has 0 bridgehead atoms. The molecule has 98 valence electrons. The zero-order valence-corrected chi connectivity index (χ0v) is 11.1. The molecule has 0 amide bonds. The second-order valence-electron chi connectivity index (χ2n) is 4.78. The van der Waals surface area contributed by atoms with E-state index in [1.165, 1.54) is 51.4 Å². The fourth-order valence-corrected chi connectivity index (χ4v) is 2.08. The summed E-state index contributed by atoms with van der Waals surface area (Å²) >= 11 is 0. The SMILES string of the molecule is CCCCCCCCCCn1cc[n+](CO)c1. The Kier molecular flexibility index (Phi) is 7.72. The first-order valence-corrected chi connectivity index (χ1v) is 7.02. The van der Waals surface area contributed by atoms with Crippen LogP contribution in [0.4, 0.5) is 0 Å². The monoisotopic (exact) mass is 239 g/mol. The van der Waals surface area contributed by atoms with Crippen LogP contribution in [0.25, 0.3) is 0 Å². The van der Waals surface area contributed by atoms with Crippen LogP contribution in [0.5, 0.6) is 0 Å². The second kappa shape index (κ2) is 9.23. The molecule has 1 aromatic heterocycles. The van der Waals surface area contributed by atoms with Gasteiger partial charge in [-0.25, -0.2) is 9.13 Å². The molecule has 1 N–H and O–H groups in total. The minimum absolute atomic E-state index is 0.0738. The normalized spacial score (nSPS) is 10.9. The van der Waals surface area contributed by atoms with E-state index in [2.05, 4.69) is 11.5 Å². The van der Waals surface area contributed by atoms with Crippen LogP contribution in [-0.2, 0) is 13.3 Å². The van der Waals surface area contributed by atoms with E-state index in [0.29, 0.717) is 0 Å². The summed E-state index contributed by atoms with van der Waals surface area (Å²) in [6, 6.07) is 0. The van der Waals surface area contributed by atoms with Crippen LogP contribution in [0, 0.1) is 0 Å². The summed E-state index contributed by atoms with van der Waals surface area (Å²) in [5, 5.41) is 8.91. The lowest BCUT2D eigenvalue weighted by molar-refractivity contribution is -0.729. The molecule has 0 saturated carbocycles. The molecule has 0 unspecified atom stereocenters. The van der Waals surface area contributed by atoms with Crippen molar-refractivity contribution >= 4 is 0 Å². The van der Waals surface area contributed by atoms with Crippen molar-refractivity contribution < 1.29 is 9.67 Å². The Labute approximate surface area is 105 Å². The van der Waals surface area contributed by atoms with Crippen molar-refractivity contribution in [2.45, 2.75) is 71.6 Å². The van der Waals surface area contributed by atoms with Crippen molar-refractivity contribution in [3.05, 3.63) is 18.7 Å². The largest absolute Gasteiger partial charge is 0.358 e. The molecule has 0 radical (unpaired) electrons. The number of imidazole rings is 1. The number of rotatable bonds is 10. The zero-order chi connectivity index (χ0) is 12.3. The molecule has 1 rings (SSSR count). The van der Waals surface area contributed by atoms with E-state index in [0.717, 1.165) is 6.54 Å². The first kappa shape index (κ1) is 14.2. The molecule has 0 aliphatic rings. The van der Waals surface area contributed by atoms with Gasteiger partial charge in [-0.2, -0.15) is 0 Å². The van der Waals surface area contributed by atoms with Crippen LogP contribution in [0.2, 0.25) is 0 Å². The smallest absolute Gasteiger partial charge is 0.245 e. The maximum atomic E-state index is 8.91. The zero-order valence-electron chi connectivity index (χ0n) is 11.1. The van der Waals surface area contributed by atoms with Crippen molar-refractivity contribution in [2.75, 3.05) is 0 Å². The van der Waals surface area contributed by atoms with E-state index in [-0.39, 0.29) is 6.73 Å². The first-order chi connectivity index (χ1) is 8.36. The van der Waals surface area contributed by atoms with E-state index in [1.807, 2.05) is 18.7 Å². The van der Waals surface area contributed by atoms with E-state index in [9.17, 15) is 0 Å². The second-order valence-corrected chi connectivity index (χ2v) is 4.78. The van der Waals surface area contributed by atoms with Gasteiger partial charge in [-0.1, -0.05) is 45.4 Å². The number of aromatic nitrogens is 2. The molecule has 0 aliphatic carbocycles. The van der Waals surface area contributed by atoms with E-state index < -0.39 is 0 Å². The van der Waals surface area contributed by atoms with Gasteiger partial charge in [-0.3, -0.25) is 0 Å². The summed E-state index contributed by atoms with van der Waals surface area (Å²) in [5.74, 6) is 0. The topological polar surface area (TPSA) is 29.0 Å². The minimum Gasteiger partial charge on any atom is -0.358 e. The molecule has 17 heavy (non-hydrogen) atoms. The van der Waals surface area contributed by atoms with Gasteiger partial charge >= 0.3 is 0 Å². The van der Waals surface area contributed by atoms with Crippen LogP contribution in [-0.4, -0.2) is 9.67 Å². The lowest BCUT2D eigenvalue weighted by Crippen LogP contribution is -2.30. The average molecular weight is 239 g/mol. The summed E-state index contributed by atoms with van der Waals surface area (Å²) in [5.41, 5.74) is 0. The average Bonchev–Trinajstić information content (AvgIpc) is 2.80. The van der Waals surface area contributed by atoms with E-state index in [1.54, 1.807) is 4.57 Å². The summed E-state index contributed by atoms with van der Waals surface area (Å²) in [6.45, 7) is 3.40. The molecule has 1 aromatic rings. The fraction of sp³-hybridized carbons (Fsp3) is 0.786. The lowest BCUT2D eigenvalue weighted by Gasteiger charge is -2.00. The Hall–Kier alpha value is -0.830. The van der Waals surface area contributed by atoms with Crippen molar-refractivity contribution in [1.29, 1.82) is 0 Å². The Bertz CT molecular complexity index is 284. The van der Waals surface area contributed by atoms with Gasteiger partial charge in [0.05, 0.1) is 6.54 Å². The molecule has 0 spiro atoms. The molecule has 0 saturated heterocycles.